The van der Waals surface area contributed by atoms with Gasteiger partial charge in [0.25, 0.3) is 0 Å². The first-order valence-electron chi connectivity index (χ1n) is 8.24. The average molecular weight is 342 g/mol. The molecule has 2 heterocycles. The molecular formula is C17H22N6O2. The maximum absolute atomic E-state index is 11.6. The normalized spacial score (nSPS) is 15.2. The molecule has 1 aromatic carbocycles. The standard InChI is InChI=1S/C17H22N6O2/c1-20(2)16-15(23(24)25)17(19-13-18-16)22-10-8-21(9-11-22)12-14-6-4-3-5-7-14/h3-7,13H,8-12H2,1-2H3. The number of piperazine rings is 1. The molecule has 0 N–H and O–H groups in total. The number of nitrogens with zero attached hydrogens (tertiary/aromatic N) is 6. The van der Waals surface area contributed by atoms with Gasteiger partial charge in [0.2, 0.25) is 11.6 Å². The fourth-order valence-electron chi connectivity index (χ4n) is 3.04. The summed E-state index contributed by atoms with van der Waals surface area (Å²) in [5.41, 5.74) is 1.25. The minimum absolute atomic E-state index is 0.0241. The summed E-state index contributed by atoms with van der Waals surface area (Å²) >= 11 is 0. The van der Waals surface area contributed by atoms with Crippen molar-refractivity contribution in [2.24, 2.45) is 0 Å². The number of hydrogen-bond acceptors (Lipinski definition) is 7. The molecule has 0 spiro atoms. The van der Waals surface area contributed by atoms with E-state index < -0.39 is 0 Å². The predicted octanol–water partition coefficient (Wildman–Crippen LogP) is 1.77. The van der Waals surface area contributed by atoms with Crippen LogP contribution in [-0.4, -0.2) is 60.1 Å². The fourth-order valence-corrected chi connectivity index (χ4v) is 3.04. The van der Waals surface area contributed by atoms with Crippen molar-refractivity contribution in [1.29, 1.82) is 0 Å². The zero-order valence-corrected chi connectivity index (χ0v) is 14.5. The third-order valence-electron chi connectivity index (χ3n) is 4.31. The Hall–Kier alpha value is -2.74. The van der Waals surface area contributed by atoms with E-state index >= 15 is 0 Å². The number of anilines is 2. The van der Waals surface area contributed by atoms with Gasteiger partial charge in [-0.1, -0.05) is 30.3 Å². The van der Waals surface area contributed by atoms with E-state index in [0.29, 0.717) is 24.7 Å². The van der Waals surface area contributed by atoms with E-state index in [4.69, 9.17) is 0 Å². The Bertz CT molecular complexity index is 729. The second-order valence-electron chi connectivity index (χ2n) is 6.27. The molecule has 132 valence electrons. The van der Waals surface area contributed by atoms with Crippen LogP contribution < -0.4 is 9.80 Å². The van der Waals surface area contributed by atoms with Crippen molar-refractivity contribution in [3.8, 4) is 0 Å². The Labute approximate surface area is 146 Å². The SMILES string of the molecule is CN(C)c1ncnc(N2CCN(Cc3ccccc3)CC2)c1[N+](=O)[O-]. The Balaban J connectivity index is 1.73. The monoisotopic (exact) mass is 342 g/mol. The van der Waals surface area contributed by atoms with Crippen LogP contribution >= 0.6 is 0 Å². The summed E-state index contributed by atoms with van der Waals surface area (Å²) in [7, 11) is 3.49. The third-order valence-corrected chi connectivity index (χ3v) is 4.31. The molecule has 1 saturated heterocycles. The van der Waals surface area contributed by atoms with Gasteiger partial charge in [-0.3, -0.25) is 15.0 Å². The largest absolute Gasteiger partial charge is 0.357 e. The Kier molecular flexibility index (Phi) is 5.08. The summed E-state index contributed by atoms with van der Waals surface area (Å²) < 4.78 is 0. The van der Waals surface area contributed by atoms with Crippen LogP contribution in [0.25, 0.3) is 0 Å². The predicted molar refractivity (Wildman–Crippen MR) is 96.9 cm³/mol. The summed E-state index contributed by atoms with van der Waals surface area (Å²) in [6, 6.07) is 10.3. The number of hydrogen-bond donors (Lipinski definition) is 0. The highest BCUT2D eigenvalue weighted by Gasteiger charge is 2.29. The molecule has 0 unspecified atom stereocenters. The summed E-state index contributed by atoms with van der Waals surface area (Å²) in [4.78, 5) is 25.4. The van der Waals surface area contributed by atoms with Gasteiger partial charge in [0.1, 0.15) is 6.33 Å². The highest BCUT2D eigenvalue weighted by atomic mass is 16.6. The van der Waals surface area contributed by atoms with Gasteiger partial charge in [0, 0.05) is 46.8 Å². The van der Waals surface area contributed by atoms with Crippen molar-refractivity contribution >= 4 is 17.3 Å². The van der Waals surface area contributed by atoms with E-state index in [9.17, 15) is 10.1 Å². The van der Waals surface area contributed by atoms with Crippen LogP contribution in [0, 0.1) is 10.1 Å². The maximum atomic E-state index is 11.6. The molecule has 1 aliphatic heterocycles. The van der Waals surface area contributed by atoms with Gasteiger partial charge in [-0.2, -0.15) is 0 Å². The summed E-state index contributed by atoms with van der Waals surface area (Å²) in [5.74, 6) is 0.741. The van der Waals surface area contributed by atoms with Crippen molar-refractivity contribution in [1.82, 2.24) is 14.9 Å². The Morgan fingerprint density at radius 2 is 1.80 bits per heavy atom. The first kappa shape index (κ1) is 17.1. The van der Waals surface area contributed by atoms with Crippen molar-refractivity contribution in [2.75, 3.05) is 50.1 Å². The van der Waals surface area contributed by atoms with Gasteiger partial charge in [0.15, 0.2) is 0 Å². The van der Waals surface area contributed by atoms with Crippen LogP contribution in [-0.2, 0) is 6.54 Å². The molecule has 1 fully saturated rings. The smallest absolute Gasteiger partial charge is 0.353 e. The Morgan fingerprint density at radius 3 is 2.40 bits per heavy atom. The highest BCUT2D eigenvalue weighted by molar-refractivity contribution is 5.70. The highest BCUT2D eigenvalue weighted by Crippen LogP contribution is 2.33. The zero-order chi connectivity index (χ0) is 17.8. The molecule has 1 aromatic heterocycles. The lowest BCUT2D eigenvalue weighted by atomic mass is 10.2. The lowest BCUT2D eigenvalue weighted by Gasteiger charge is -2.35. The van der Waals surface area contributed by atoms with Gasteiger partial charge < -0.3 is 9.80 Å². The van der Waals surface area contributed by atoms with Gasteiger partial charge in [0.05, 0.1) is 4.92 Å². The number of nitro groups is 1. The molecule has 1 aliphatic rings. The number of aromatic nitrogens is 2. The molecule has 3 rings (SSSR count). The first-order valence-corrected chi connectivity index (χ1v) is 8.24. The van der Waals surface area contributed by atoms with Gasteiger partial charge >= 0.3 is 5.69 Å². The molecule has 0 radical (unpaired) electrons. The molecule has 25 heavy (non-hydrogen) atoms. The molecule has 8 heteroatoms. The van der Waals surface area contributed by atoms with Crippen LogP contribution in [0.1, 0.15) is 5.56 Å². The molecule has 2 aromatic rings. The van der Waals surface area contributed by atoms with E-state index in [-0.39, 0.29) is 10.6 Å². The van der Waals surface area contributed by atoms with E-state index in [1.807, 2.05) is 23.1 Å². The Morgan fingerprint density at radius 1 is 1.12 bits per heavy atom. The summed E-state index contributed by atoms with van der Waals surface area (Å²) in [5, 5.41) is 11.6. The van der Waals surface area contributed by atoms with Crippen LogP contribution in [0.4, 0.5) is 17.3 Å². The minimum Gasteiger partial charge on any atom is -0.357 e. The van der Waals surface area contributed by atoms with Gasteiger partial charge in [-0.25, -0.2) is 9.97 Å². The molecule has 0 saturated carbocycles. The average Bonchev–Trinajstić information content (AvgIpc) is 2.62. The summed E-state index contributed by atoms with van der Waals surface area (Å²) in [6.07, 6.45) is 1.40. The molecule has 0 amide bonds. The van der Waals surface area contributed by atoms with Crippen LogP contribution in [0.15, 0.2) is 36.7 Å². The van der Waals surface area contributed by atoms with Crippen molar-refractivity contribution in [3.05, 3.63) is 52.3 Å². The minimum atomic E-state index is -0.388. The van der Waals surface area contributed by atoms with Crippen molar-refractivity contribution in [3.63, 3.8) is 0 Å². The topological polar surface area (TPSA) is 78.6 Å². The molecule has 8 nitrogen and oxygen atoms in total. The molecule has 0 atom stereocenters. The quantitative estimate of drug-likeness (QED) is 0.605. The van der Waals surface area contributed by atoms with Gasteiger partial charge in [-0.15, -0.1) is 0 Å². The number of benzene rings is 1. The van der Waals surface area contributed by atoms with Crippen LogP contribution in [0.5, 0.6) is 0 Å². The summed E-state index contributed by atoms with van der Waals surface area (Å²) in [6.45, 7) is 3.99. The zero-order valence-electron chi connectivity index (χ0n) is 14.5. The van der Waals surface area contributed by atoms with E-state index in [2.05, 4.69) is 27.0 Å². The van der Waals surface area contributed by atoms with E-state index in [0.717, 1.165) is 19.6 Å². The second kappa shape index (κ2) is 7.43. The fraction of sp³-hybridized carbons (Fsp3) is 0.412. The lowest BCUT2D eigenvalue weighted by molar-refractivity contribution is -0.383. The number of rotatable bonds is 5. The molecule has 0 bridgehead atoms. The first-order chi connectivity index (χ1) is 12.1. The second-order valence-corrected chi connectivity index (χ2v) is 6.27. The third kappa shape index (κ3) is 3.85. The van der Waals surface area contributed by atoms with Gasteiger partial charge in [-0.05, 0) is 5.56 Å². The maximum Gasteiger partial charge on any atom is 0.353 e. The van der Waals surface area contributed by atoms with Crippen LogP contribution in [0.2, 0.25) is 0 Å². The molecular weight excluding hydrogens is 320 g/mol. The van der Waals surface area contributed by atoms with Crippen LogP contribution in [0.3, 0.4) is 0 Å². The lowest BCUT2D eigenvalue weighted by Crippen LogP contribution is -2.46. The van der Waals surface area contributed by atoms with Crippen molar-refractivity contribution < 1.29 is 4.92 Å². The van der Waals surface area contributed by atoms with Crippen molar-refractivity contribution in [2.45, 2.75) is 6.54 Å². The van der Waals surface area contributed by atoms with E-state index in [1.54, 1.807) is 19.0 Å². The molecule has 0 aliphatic carbocycles. The van der Waals surface area contributed by atoms with E-state index in [1.165, 1.54) is 11.9 Å².